The standard InChI is InChI=1S/C13H11N3OS/c1-3-6-15-13(17)10-8-11-9(5-7-18-11)16(10)12(4-2)14-15/h1,5,7-8H,4,6H2,2H3. The molecule has 18 heavy (non-hydrogen) atoms. The second-order valence-corrected chi connectivity index (χ2v) is 4.92. The van der Waals surface area contributed by atoms with Crippen molar-refractivity contribution in [2.45, 2.75) is 19.9 Å². The molecule has 0 fully saturated rings. The van der Waals surface area contributed by atoms with Gasteiger partial charge in [0.2, 0.25) is 0 Å². The van der Waals surface area contributed by atoms with Crippen LogP contribution in [-0.2, 0) is 13.0 Å². The van der Waals surface area contributed by atoms with Gasteiger partial charge < -0.3 is 0 Å². The van der Waals surface area contributed by atoms with Crippen molar-refractivity contribution in [3.8, 4) is 12.3 Å². The highest BCUT2D eigenvalue weighted by Crippen LogP contribution is 2.24. The molecular formula is C13H11N3OS. The first-order chi connectivity index (χ1) is 8.76. The summed E-state index contributed by atoms with van der Waals surface area (Å²) >= 11 is 1.62. The zero-order valence-corrected chi connectivity index (χ0v) is 10.7. The van der Waals surface area contributed by atoms with Gasteiger partial charge in [-0.25, -0.2) is 4.68 Å². The van der Waals surface area contributed by atoms with Crippen LogP contribution in [0.2, 0.25) is 0 Å². The van der Waals surface area contributed by atoms with Crippen LogP contribution in [0.4, 0.5) is 0 Å². The van der Waals surface area contributed by atoms with E-state index in [9.17, 15) is 4.79 Å². The van der Waals surface area contributed by atoms with Crippen molar-refractivity contribution in [3.63, 3.8) is 0 Å². The van der Waals surface area contributed by atoms with E-state index < -0.39 is 0 Å². The van der Waals surface area contributed by atoms with Gasteiger partial charge in [0.05, 0.1) is 10.2 Å². The largest absolute Gasteiger partial charge is 0.292 e. The summed E-state index contributed by atoms with van der Waals surface area (Å²) in [5.41, 5.74) is 1.57. The molecule has 0 unspecified atom stereocenters. The molecule has 0 amide bonds. The number of aromatic nitrogens is 3. The molecule has 3 aromatic heterocycles. The summed E-state index contributed by atoms with van der Waals surface area (Å²) < 4.78 is 4.39. The SMILES string of the molecule is C#CCn1nc(CC)n2c(cc3sccc32)c1=O. The Bertz CT molecular complexity index is 832. The topological polar surface area (TPSA) is 39.3 Å². The quantitative estimate of drug-likeness (QED) is 0.658. The number of thiophene rings is 1. The van der Waals surface area contributed by atoms with Crippen LogP contribution in [0, 0.1) is 12.3 Å². The van der Waals surface area contributed by atoms with Crippen LogP contribution < -0.4 is 5.56 Å². The summed E-state index contributed by atoms with van der Waals surface area (Å²) in [4.78, 5) is 12.2. The summed E-state index contributed by atoms with van der Waals surface area (Å²) in [7, 11) is 0. The Morgan fingerprint density at radius 3 is 3.06 bits per heavy atom. The summed E-state index contributed by atoms with van der Waals surface area (Å²) in [6, 6.07) is 3.93. The first-order valence-electron chi connectivity index (χ1n) is 5.68. The van der Waals surface area contributed by atoms with E-state index in [2.05, 4.69) is 11.0 Å². The van der Waals surface area contributed by atoms with E-state index in [4.69, 9.17) is 6.42 Å². The van der Waals surface area contributed by atoms with Gasteiger partial charge >= 0.3 is 0 Å². The number of aryl methyl sites for hydroxylation is 1. The highest BCUT2D eigenvalue weighted by Gasteiger charge is 2.13. The molecule has 0 spiro atoms. The number of nitrogens with zero attached hydrogens (tertiary/aromatic N) is 3. The zero-order valence-electron chi connectivity index (χ0n) is 9.88. The molecule has 0 aliphatic rings. The van der Waals surface area contributed by atoms with Gasteiger partial charge in [0.25, 0.3) is 5.56 Å². The highest BCUT2D eigenvalue weighted by molar-refractivity contribution is 7.17. The van der Waals surface area contributed by atoms with Crippen LogP contribution >= 0.6 is 11.3 Å². The van der Waals surface area contributed by atoms with Gasteiger partial charge in [-0.15, -0.1) is 17.8 Å². The fourth-order valence-electron chi connectivity index (χ4n) is 2.15. The Morgan fingerprint density at radius 2 is 2.33 bits per heavy atom. The molecule has 0 atom stereocenters. The highest BCUT2D eigenvalue weighted by atomic mass is 32.1. The molecule has 0 saturated carbocycles. The van der Waals surface area contributed by atoms with Gasteiger partial charge in [-0.2, -0.15) is 5.10 Å². The van der Waals surface area contributed by atoms with Crippen LogP contribution in [0.1, 0.15) is 12.7 Å². The van der Waals surface area contributed by atoms with Crippen molar-refractivity contribution in [2.24, 2.45) is 0 Å². The van der Waals surface area contributed by atoms with Gasteiger partial charge in [-0.05, 0) is 17.5 Å². The summed E-state index contributed by atoms with van der Waals surface area (Å²) in [6.07, 6.45) is 6.02. The smallest absolute Gasteiger partial charge is 0.290 e. The molecule has 0 radical (unpaired) electrons. The Labute approximate surface area is 107 Å². The molecule has 3 rings (SSSR count). The zero-order chi connectivity index (χ0) is 12.7. The van der Waals surface area contributed by atoms with Crippen LogP contribution in [0.3, 0.4) is 0 Å². The van der Waals surface area contributed by atoms with Crippen molar-refractivity contribution in [1.29, 1.82) is 0 Å². The lowest BCUT2D eigenvalue weighted by Crippen LogP contribution is -2.26. The van der Waals surface area contributed by atoms with E-state index in [0.29, 0.717) is 5.52 Å². The number of rotatable bonds is 2. The molecule has 0 bridgehead atoms. The minimum Gasteiger partial charge on any atom is -0.290 e. The lowest BCUT2D eigenvalue weighted by Gasteiger charge is -2.07. The minimum absolute atomic E-state index is 0.131. The first kappa shape index (κ1) is 11.1. The van der Waals surface area contributed by atoms with E-state index in [1.165, 1.54) is 4.68 Å². The Morgan fingerprint density at radius 1 is 1.50 bits per heavy atom. The number of terminal acetylenes is 1. The Hall–Kier alpha value is -2.06. The first-order valence-corrected chi connectivity index (χ1v) is 6.56. The monoisotopic (exact) mass is 257 g/mol. The van der Waals surface area contributed by atoms with Gasteiger partial charge in [-0.1, -0.05) is 12.8 Å². The second kappa shape index (κ2) is 4.00. The molecule has 0 aliphatic heterocycles. The molecule has 90 valence electrons. The van der Waals surface area contributed by atoms with Crippen molar-refractivity contribution in [2.75, 3.05) is 0 Å². The lowest BCUT2D eigenvalue weighted by atomic mass is 10.4. The molecule has 3 aromatic rings. The third kappa shape index (κ3) is 1.39. The maximum absolute atomic E-state index is 12.2. The van der Waals surface area contributed by atoms with Gasteiger partial charge in [-0.3, -0.25) is 9.20 Å². The summed E-state index contributed by atoms with van der Waals surface area (Å²) in [6.45, 7) is 2.23. The van der Waals surface area contributed by atoms with E-state index in [0.717, 1.165) is 22.5 Å². The predicted molar refractivity (Wildman–Crippen MR) is 73.0 cm³/mol. The lowest BCUT2D eigenvalue weighted by molar-refractivity contribution is 0.623. The molecule has 0 aromatic carbocycles. The van der Waals surface area contributed by atoms with E-state index in [1.54, 1.807) is 11.3 Å². The Kier molecular flexibility index (Phi) is 2.46. The van der Waals surface area contributed by atoms with Crippen LogP contribution in [0.25, 0.3) is 15.7 Å². The third-order valence-corrected chi connectivity index (χ3v) is 3.78. The predicted octanol–water partition coefficient (Wildman–Crippen LogP) is 1.91. The second-order valence-electron chi connectivity index (χ2n) is 3.97. The Balaban J connectivity index is 2.50. The molecule has 0 N–H and O–H groups in total. The van der Waals surface area contributed by atoms with Crippen molar-refractivity contribution < 1.29 is 0 Å². The fraction of sp³-hybridized carbons (Fsp3) is 0.231. The van der Waals surface area contributed by atoms with Crippen LogP contribution in [-0.4, -0.2) is 14.2 Å². The molecule has 0 saturated heterocycles. The van der Waals surface area contributed by atoms with Gasteiger partial charge in [0, 0.05) is 6.42 Å². The molecule has 4 nitrogen and oxygen atoms in total. The number of hydrogen-bond donors (Lipinski definition) is 0. The van der Waals surface area contributed by atoms with Crippen molar-refractivity contribution in [3.05, 3.63) is 33.7 Å². The van der Waals surface area contributed by atoms with Crippen LogP contribution in [0.15, 0.2) is 22.3 Å². The number of hydrogen-bond acceptors (Lipinski definition) is 3. The summed E-state index contributed by atoms with van der Waals surface area (Å²) in [5.74, 6) is 3.32. The minimum atomic E-state index is -0.131. The maximum Gasteiger partial charge on any atom is 0.292 e. The molecule has 5 heteroatoms. The van der Waals surface area contributed by atoms with Gasteiger partial charge in [0.15, 0.2) is 0 Å². The van der Waals surface area contributed by atoms with E-state index in [-0.39, 0.29) is 12.1 Å². The average molecular weight is 257 g/mol. The van der Waals surface area contributed by atoms with E-state index in [1.807, 2.05) is 28.8 Å². The normalized spacial score (nSPS) is 11.1. The fourth-order valence-corrected chi connectivity index (χ4v) is 2.95. The van der Waals surface area contributed by atoms with Crippen molar-refractivity contribution >= 4 is 27.1 Å². The molecule has 3 heterocycles. The molecule has 0 aliphatic carbocycles. The number of fused-ring (bicyclic) bond motifs is 3. The third-order valence-electron chi connectivity index (χ3n) is 2.93. The molecular weight excluding hydrogens is 246 g/mol. The summed E-state index contributed by atoms with van der Waals surface area (Å²) in [5, 5.41) is 6.36. The van der Waals surface area contributed by atoms with Gasteiger partial charge in [0.1, 0.15) is 17.9 Å². The average Bonchev–Trinajstić information content (AvgIpc) is 2.93. The maximum atomic E-state index is 12.2. The van der Waals surface area contributed by atoms with Crippen molar-refractivity contribution in [1.82, 2.24) is 14.2 Å². The van der Waals surface area contributed by atoms with Crippen LogP contribution in [0.5, 0.6) is 0 Å². The van der Waals surface area contributed by atoms with E-state index >= 15 is 0 Å².